The zero-order valence-electron chi connectivity index (χ0n) is 6.09. The van der Waals surface area contributed by atoms with Gasteiger partial charge in [-0.15, -0.1) is 0 Å². The largest absolute Gasteiger partial charge is 0.396 e. The standard InChI is InChI=1S/C7H15NO/c1-6(3-4-9)5-7(2)8/h5,7,9H,3-4,8H2,1-2H3/b6-5-. The SMILES string of the molecule is C/C(=C/C(C)N)CCO. The molecule has 0 aliphatic carbocycles. The van der Waals surface area contributed by atoms with Gasteiger partial charge in [-0.05, 0) is 20.3 Å². The number of hydrogen-bond acceptors (Lipinski definition) is 2. The lowest BCUT2D eigenvalue weighted by molar-refractivity contribution is 0.299. The molecule has 0 spiro atoms. The van der Waals surface area contributed by atoms with E-state index < -0.39 is 0 Å². The maximum atomic E-state index is 8.47. The fourth-order valence-electron chi connectivity index (χ4n) is 0.708. The van der Waals surface area contributed by atoms with Gasteiger partial charge >= 0.3 is 0 Å². The summed E-state index contributed by atoms with van der Waals surface area (Å²) in [4.78, 5) is 0. The van der Waals surface area contributed by atoms with Crippen LogP contribution in [0, 0.1) is 0 Å². The number of hydrogen-bond donors (Lipinski definition) is 2. The van der Waals surface area contributed by atoms with E-state index in [0.29, 0.717) is 0 Å². The summed E-state index contributed by atoms with van der Waals surface area (Å²) in [5, 5.41) is 8.47. The first kappa shape index (κ1) is 8.66. The van der Waals surface area contributed by atoms with Gasteiger partial charge in [0.1, 0.15) is 0 Å². The van der Waals surface area contributed by atoms with E-state index in [1.165, 1.54) is 0 Å². The first-order chi connectivity index (χ1) is 4.16. The Hall–Kier alpha value is -0.340. The molecule has 0 radical (unpaired) electrons. The third kappa shape index (κ3) is 5.53. The zero-order valence-corrected chi connectivity index (χ0v) is 6.09. The van der Waals surface area contributed by atoms with Crippen molar-refractivity contribution in [1.82, 2.24) is 0 Å². The molecule has 0 heterocycles. The summed E-state index contributed by atoms with van der Waals surface area (Å²) >= 11 is 0. The van der Waals surface area contributed by atoms with E-state index in [4.69, 9.17) is 10.8 Å². The van der Waals surface area contributed by atoms with E-state index in [-0.39, 0.29) is 12.6 Å². The van der Waals surface area contributed by atoms with Crippen molar-refractivity contribution in [2.45, 2.75) is 26.3 Å². The van der Waals surface area contributed by atoms with Crippen LogP contribution in [0.15, 0.2) is 11.6 Å². The van der Waals surface area contributed by atoms with Crippen molar-refractivity contribution in [1.29, 1.82) is 0 Å². The van der Waals surface area contributed by atoms with Gasteiger partial charge in [-0.25, -0.2) is 0 Å². The summed E-state index contributed by atoms with van der Waals surface area (Å²) in [6, 6.07) is 0.108. The highest BCUT2D eigenvalue weighted by Crippen LogP contribution is 1.98. The van der Waals surface area contributed by atoms with Crippen LogP contribution in [0.3, 0.4) is 0 Å². The summed E-state index contributed by atoms with van der Waals surface area (Å²) in [5.74, 6) is 0. The molecule has 9 heavy (non-hydrogen) atoms. The van der Waals surface area contributed by atoms with Gasteiger partial charge in [0.15, 0.2) is 0 Å². The number of aliphatic hydroxyl groups is 1. The van der Waals surface area contributed by atoms with E-state index in [1.54, 1.807) is 0 Å². The smallest absolute Gasteiger partial charge is 0.0468 e. The minimum Gasteiger partial charge on any atom is -0.396 e. The second-order valence-corrected chi connectivity index (χ2v) is 2.35. The average Bonchev–Trinajstić information content (AvgIpc) is 1.63. The van der Waals surface area contributed by atoms with Crippen LogP contribution >= 0.6 is 0 Å². The number of rotatable bonds is 3. The van der Waals surface area contributed by atoms with E-state index in [2.05, 4.69) is 0 Å². The average molecular weight is 129 g/mol. The quantitative estimate of drug-likeness (QED) is 0.550. The van der Waals surface area contributed by atoms with Crippen LogP contribution in [-0.4, -0.2) is 17.8 Å². The molecule has 0 amide bonds. The molecule has 0 aromatic carbocycles. The predicted octanol–water partition coefficient (Wildman–Crippen LogP) is 0.662. The summed E-state index contributed by atoms with van der Waals surface area (Å²) in [6.45, 7) is 4.11. The maximum absolute atomic E-state index is 8.47. The van der Waals surface area contributed by atoms with E-state index >= 15 is 0 Å². The second-order valence-electron chi connectivity index (χ2n) is 2.35. The number of aliphatic hydroxyl groups excluding tert-OH is 1. The van der Waals surface area contributed by atoms with E-state index in [0.717, 1.165) is 12.0 Å². The van der Waals surface area contributed by atoms with Gasteiger partial charge in [0, 0.05) is 12.6 Å². The molecule has 0 aromatic heterocycles. The van der Waals surface area contributed by atoms with Gasteiger partial charge in [-0.2, -0.15) is 0 Å². The number of nitrogens with two attached hydrogens (primary N) is 1. The molecule has 0 fully saturated rings. The molecule has 0 bridgehead atoms. The van der Waals surface area contributed by atoms with Crippen molar-refractivity contribution >= 4 is 0 Å². The molecule has 1 atom stereocenters. The first-order valence-corrected chi connectivity index (χ1v) is 3.20. The normalized spacial score (nSPS) is 15.8. The Morgan fingerprint density at radius 3 is 2.67 bits per heavy atom. The van der Waals surface area contributed by atoms with Crippen LogP contribution in [-0.2, 0) is 0 Å². The second kappa shape index (κ2) is 4.53. The summed E-state index contributed by atoms with van der Waals surface area (Å²) in [7, 11) is 0. The van der Waals surface area contributed by atoms with Crippen molar-refractivity contribution in [3.63, 3.8) is 0 Å². The molecule has 0 saturated carbocycles. The van der Waals surface area contributed by atoms with Gasteiger partial charge in [0.25, 0.3) is 0 Å². The van der Waals surface area contributed by atoms with Gasteiger partial charge < -0.3 is 10.8 Å². The van der Waals surface area contributed by atoms with E-state index in [9.17, 15) is 0 Å². The Balaban J connectivity index is 3.55. The maximum Gasteiger partial charge on any atom is 0.0468 e. The summed E-state index contributed by atoms with van der Waals surface area (Å²) in [5.41, 5.74) is 6.63. The van der Waals surface area contributed by atoms with E-state index in [1.807, 2.05) is 19.9 Å². The Kier molecular flexibility index (Phi) is 4.36. The molecule has 1 unspecified atom stereocenters. The lowest BCUT2D eigenvalue weighted by atomic mass is 10.1. The van der Waals surface area contributed by atoms with Crippen molar-refractivity contribution in [3.05, 3.63) is 11.6 Å². The lowest BCUT2D eigenvalue weighted by Crippen LogP contribution is -2.11. The molecule has 0 rings (SSSR count). The Bertz CT molecular complexity index is 97.1. The van der Waals surface area contributed by atoms with Crippen LogP contribution < -0.4 is 5.73 Å². The van der Waals surface area contributed by atoms with Crippen LogP contribution in [0.25, 0.3) is 0 Å². The van der Waals surface area contributed by atoms with Crippen LogP contribution in [0.1, 0.15) is 20.3 Å². The van der Waals surface area contributed by atoms with Crippen molar-refractivity contribution < 1.29 is 5.11 Å². The topological polar surface area (TPSA) is 46.2 Å². The summed E-state index contributed by atoms with van der Waals surface area (Å²) < 4.78 is 0. The van der Waals surface area contributed by atoms with Gasteiger partial charge in [-0.1, -0.05) is 11.6 Å². The highest BCUT2D eigenvalue weighted by Gasteiger charge is 1.89. The third-order valence-electron chi connectivity index (χ3n) is 1.05. The third-order valence-corrected chi connectivity index (χ3v) is 1.05. The molecular formula is C7H15NO. The Morgan fingerprint density at radius 1 is 1.78 bits per heavy atom. The molecule has 54 valence electrons. The molecule has 3 N–H and O–H groups in total. The fourth-order valence-corrected chi connectivity index (χ4v) is 0.708. The highest BCUT2D eigenvalue weighted by molar-refractivity contribution is 5.01. The molecule has 0 saturated heterocycles. The minimum atomic E-state index is 0.108. The van der Waals surface area contributed by atoms with Crippen LogP contribution in [0.5, 0.6) is 0 Å². The van der Waals surface area contributed by atoms with Gasteiger partial charge in [-0.3, -0.25) is 0 Å². The highest BCUT2D eigenvalue weighted by atomic mass is 16.2. The molecule has 2 heteroatoms. The molecular weight excluding hydrogens is 114 g/mol. The Morgan fingerprint density at radius 2 is 2.33 bits per heavy atom. The first-order valence-electron chi connectivity index (χ1n) is 3.20. The fraction of sp³-hybridized carbons (Fsp3) is 0.714. The van der Waals surface area contributed by atoms with Crippen LogP contribution in [0.4, 0.5) is 0 Å². The predicted molar refractivity (Wildman–Crippen MR) is 39.1 cm³/mol. The monoisotopic (exact) mass is 129 g/mol. The Labute approximate surface area is 56.4 Å². The summed E-state index contributed by atoms with van der Waals surface area (Å²) in [6.07, 6.45) is 2.69. The molecule has 0 aliphatic rings. The van der Waals surface area contributed by atoms with Crippen molar-refractivity contribution in [2.24, 2.45) is 5.73 Å². The van der Waals surface area contributed by atoms with Crippen molar-refractivity contribution in [3.8, 4) is 0 Å². The molecule has 2 nitrogen and oxygen atoms in total. The lowest BCUT2D eigenvalue weighted by Gasteiger charge is -1.99. The van der Waals surface area contributed by atoms with Crippen molar-refractivity contribution in [2.75, 3.05) is 6.61 Å². The van der Waals surface area contributed by atoms with Gasteiger partial charge in [0.05, 0.1) is 0 Å². The zero-order chi connectivity index (χ0) is 7.28. The van der Waals surface area contributed by atoms with Crippen LogP contribution in [0.2, 0.25) is 0 Å². The molecule has 0 aliphatic heterocycles. The minimum absolute atomic E-state index is 0.108. The molecule has 0 aromatic rings. The van der Waals surface area contributed by atoms with Gasteiger partial charge in [0.2, 0.25) is 0 Å².